The molecule has 3 heterocycles. The third-order valence-electron chi connectivity index (χ3n) is 4.19. The first-order valence-electron chi connectivity index (χ1n) is 7.66. The second-order valence-corrected chi connectivity index (χ2v) is 6.08. The van der Waals surface area contributed by atoms with E-state index in [1.807, 2.05) is 0 Å². The number of hydrogen-bond acceptors (Lipinski definition) is 6. The van der Waals surface area contributed by atoms with Crippen LogP contribution in [-0.2, 0) is 11.2 Å². The molecular weight excluding hydrogens is 322 g/mol. The van der Waals surface area contributed by atoms with Gasteiger partial charge in [0.1, 0.15) is 11.8 Å². The van der Waals surface area contributed by atoms with E-state index >= 15 is 0 Å². The Morgan fingerprint density at radius 1 is 1.29 bits per heavy atom. The van der Waals surface area contributed by atoms with Crippen LogP contribution in [0.3, 0.4) is 0 Å². The highest BCUT2D eigenvalue weighted by atomic mass is 19.3. The average molecular weight is 340 g/mol. The molecule has 2 aromatic rings. The van der Waals surface area contributed by atoms with E-state index in [0.717, 1.165) is 10.5 Å². The molecule has 1 atom stereocenters. The molecule has 0 bridgehead atoms. The van der Waals surface area contributed by atoms with Crippen LogP contribution in [0.25, 0.3) is 0 Å². The zero-order chi connectivity index (χ0) is 17.5. The molecule has 0 radical (unpaired) electrons. The molecule has 0 saturated carbocycles. The first kappa shape index (κ1) is 16.5. The minimum absolute atomic E-state index is 0.0513. The summed E-state index contributed by atoms with van der Waals surface area (Å²) in [5, 5.41) is 7.45. The number of carbonyl (C=O) groups is 1. The molecule has 2 aromatic heterocycles. The van der Waals surface area contributed by atoms with Gasteiger partial charge in [-0.25, -0.2) is 8.78 Å². The first-order valence-corrected chi connectivity index (χ1v) is 7.66. The van der Waals surface area contributed by atoms with Crippen molar-refractivity contribution >= 4 is 5.91 Å². The lowest BCUT2D eigenvalue weighted by Gasteiger charge is -2.21. The number of nitrogens with zero attached hydrogens (tertiary/aromatic N) is 4. The van der Waals surface area contributed by atoms with Crippen molar-refractivity contribution in [1.82, 2.24) is 20.2 Å². The second-order valence-electron chi connectivity index (χ2n) is 6.08. The predicted molar refractivity (Wildman–Crippen MR) is 77.4 cm³/mol. The predicted octanol–water partition coefficient (Wildman–Crippen LogP) is 2.52. The van der Waals surface area contributed by atoms with Gasteiger partial charge in [0.15, 0.2) is 5.82 Å². The normalized spacial score (nSPS) is 19.9. The Morgan fingerprint density at radius 3 is 2.62 bits per heavy atom. The summed E-state index contributed by atoms with van der Waals surface area (Å²) in [7, 11) is 0. The van der Waals surface area contributed by atoms with Gasteiger partial charge in [0.25, 0.3) is 5.92 Å². The van der Waals surface area contributed by atoms with Crippen molar-refractivity contribution in [3.8, 4) is 0 Å². The van der Waals surface area contributed by atoms with Crippen LogP contribution in [0.4, 0.5) is 8.78 Å². The van der Waals surface area contributed by atoms with Crippen molar-refractivity contribution in [1.29, 1.82) is 0 Å². The number of alkyl halides is 2. The fraction of sp³-hybridized carbons (Fsp3) is 0.600. The fourth-order valence-corrected chi connectivity index (χ4v) is 2.98. The average Bonchev–Trinajstić information content (AvgIpc) is 3.16. The summed E-state index contributed by atoms with van der Waals surface area (Å²) in [6, 6.07) is -0.890. The number of hydrogen-bond donors (Lipinski definition) is 0. The Hall–Kier alpha value is -2.32. The molecule has 0 N–H and O–H groups in total. The maximum Gasteiger partial charge on any atom is 0.267 e. The van der Waals surface area contributed by atoms with E-state index in [1.165, 1.54) is 0 Å². The minimum Gasteiger partial charge on any atom is -0.361 e. The molecule has 0 aliphatic carbocycles. The van der Waals surface area contributed by atoms with Crippen molar-refractivity contribution in [2.24, 2.45) is 0 Å². The molecule has 1 fully saturated rings. The summed E-state index contributed by atoms with van der Waals surface area (Å²) < 4.78 is 37.7. The largest absolute Gasteiger partial charge is 0.361 e. The van der Waals surface area contributed by atoms with Gasteiger partial charge in [0.05, 0.1) is 12.2 Å². The van der Waals surface area contributed by atoms with Crippen LogP contribution in [0.5, 0.6) is 0 Å². The third-order valence-corrected chi connectivity index (χ3v) is 4.19. The van der Waals surface area contributed by atoms with Crippen LogP contribution in [0.2, 0.25) is 0 Å². The second kappa shape index (κ2) is 5.95. The lowest BCUT2D eigenvalue weighted by Crippen LogP contribution is -2.33. The van der Waals surface area contributed by atoms with Crippen LogP contribution in [-0.4, -0.2) is 38.6 Å². The topological polar surface area (TPSA) is 85.3 Å². The molecule has 1 saturated heterocycles. The summed E-state index contributed by atoms with van der Waals surface area (Å²) >= 11 is 0. The molecule has 7 nitrogen and oxygen atoms in total. The van der Waals surface area contributed by atoms with Crippen LogP contribution in [0.1, 0.15) is 47.6 Å². The van der Waals surface area contributed by atoms with Crippen molar-refractivity contribution in [3.63, 3.8) is 0 Å². The summed E-state index contributed by atoms with van der Waals surface area (Å²) in [4.78, 5) is 17.6. The number of carbonyl (C=O) groups excluding carboxylic acids is 1. The molecule has 0 aromatic carbocycles. The van der Waals surface area contributed by atoms with Crippen LogP contribution >= 0.6 is 0 Å². The van der Waals surface area contributed by atoms with Crippen LogP contribution < -0.4 is 0 Å². The Balaban J connectivity index is 1.74. The monoisotopic (exact) mass is 340 g/mol. The Bertz CT molecular complexity index is 736. The van der Waals surface area contributed by atoms with E-state index < -0.39 is 24.9 Å². The highest BCUT2D eigenvalue weighted by Crippen LogP contribution is 2.40. The number of rotatable bonds is 4. The van der Waals surface area contributed by atoms with Gasteiger partial charge >= 0.3 is 0 Å². The lowest BCUT2D eigenvalue weighted by molar-refractivity contribution is -0.133. The van der Waals surface area contributed by atoms with Crippen molar-refractivity contribution in [2.45, 2.75) is 52.0 Å². The molecule has 1 amide bonds. The van der Waals surface area contributed by atoms with Gasteiger partial charge in [-0.05, 0) is 27.2 Å². The Morgan fingerprint density at radius 2 is 2.04 bits per heavy atom. The van der Waals surface area contributed by atoms with Gasteiger partial charge in [-0.1, -0.05) is 10.3 Å². The molecule has 9 heteroatoms. The molecular formula is C15H18F2N4O3. The van der Waals surface area contributed by atoms with Gasteiger partial charge in [-0.15, -0.1) is 0 Å². The molecule has 3 rings (SSSR count). The van der Waals surface area contributed by atoms with E-state index in [1.54, 1.807) is 20.8 Å². The lowest BCUT2D eigenvalue weighted by atomic mass is 10.1. The minimum atomic E-state index is -2.97. The smallest absolute Gasteiger partial charge is 0.267 e. The molecule has 0 spiro atoms. The number of aryl methyl sites for hydroxylation is 3. The zero-order valence-corrected chi connectivity index (χ0v) is 13.7. The van der Waals surface area contributed by atoms with E-state index in [-0.39, 0.29) is 18.2 Å². The Kier molecular flexibility index (Phi) is 4.10. The Labute approximate surface area is 137 Å². The molecule has 0 unspecified atom stereocenters. The maximum atomic E-state index is 13.8. The molecule has 1 aliphatic heterocycles. The first-order chi connectivity index (χ1) is 11.3. The summed E-state index contributed by atoms with van der Waals surface area (Å²) in [6.07, 6.45) is -0.0358. The number of likely N-dealkylation sites (tertiary alicyclic amines) is 1. The van der Waals surface area contributed by atoms with Crippen LogP contribution in [0, 0.1) is 20.8 Å². The van der Waals surface area contributed by atoms with Crippen molar-refractivity contribution in [3.05, 3.63) is 28.7 Å². The quantitative estimate of drug-likeness (QED) is 0.850. The van der Waals surface area contributed by atoms with Gasteiger partial charge in [0, 0.05) is 18.4 Å². The van der Waals surface area contributed by atoms with Crippen molar-refractivity contribution in [2.75, 3.05) is 6.54 Å². The molecule has 130 valence electrons. The third kappa shape index (κ3) is 3.15. The summed E-state index contributed by atoms with van der Waals surface area (Å²) in [5.74, 6) is -2.31. The SMILES string of the molecule is Cc1noc([C@@H]2CC(F)(F)CN2C(=O)CCc2c(C)noc2C)n1. The molecule has 24 heavy (non-hydrogen) atoms. The van der Waals surface area contributed by atoms with Gasteiger partial charge in [0.2, 0.25) is 11.8 Å². The van der Waals surface area contributed by atoms with E-state index in [0.29, 0.717) is 23.7 Å². The highest BCUT2D eigenvalue weighted by molar-refractivity contribution is 5.77. The van der Waals surface area contributed by atoms with Gasteiger partial charge in [-0.2, -0.15) is 4.98 Å². The maximum absolute atomic E-state index is 13.8. The number of amides is 1. The van der Waals surface area contributed by atoms with E-state index in [2.05, 4.69) is 15.3 Å². The summed E-state index contributed by atoms with van der Waals surface area (Å²) in [5.41, 5.74) is 1.54. The van der Waals surface area contributed by atoms with Crippen molar-refractivity contribution < 1.29 is 22.6 Å². The van der Waals surface area contributed by atoms with E-state index in [9.17, 15) is 13.6 Å². The summed E-state index contributed by atoms with van der Waals surface area (Å²) in [6.45, 7) is 4.50. The highest BCUT2D eigenvalue weighted by Gasteiger charge is 2.49. The standard InChI is InChI=1S/C15H18F2N4O3/c1-8-11(9(2)23-19-8)4-5-13(22)21-7-15(16,17)6-12(21)14-18-10(3)20-24-14/h12H,4-7H2,1-3H3/t12-/m0/s1. The van der Waals surface area contributed by atoms with E-state index in [4.69, 9.17) is 9.05 Å². The van der Waals surface area contributed by atoms with Crippen LogP contribution in [0.15, 0.2) is 9.05 Å². The molecule has 1 aliphatic rings. The van der Waals surface area contributed by atoms with Gasteiger partial charge < -0.3 is 13.9 Å². The fourth-order valence-electron chi connectivity index (χ4n) is 2.98. The zero-order valence-electron chi connectivity index (χ0n) is 13.7. The number of aromatic nitrogens is 3. The van der Waals surface area contributed by atoms with Gasteiger partial charge in [-0.3, -0.25) is 4.79 Å². The number of halogens is 2.